The van der Waals surface area contributed by atoms with E-state index in [1.54, 1.807) is 0 Å². The van der Waals surface area contributed by atoms with Crippen molar-refractivity contribution in [2.75, 3.05) is 27.2 Å². The minimum absolute atomic E-state index is 0.0893. The Morgan fingerprint density at radius 3 is 2.28 bits per heavy atom. The van der Waals surface area contributed by atoms with Crippen LogP contribution < -0.4 is 0 Å². The van der Waals surface area contributed by atoms with Gasteiger partial charge in [-0.3, -0.25) is 0 Å². The number of hydrogen-bond donors (Lipinski definition) is 2. The predicted octanol–water partition coefficient (Wildman–Crippen LogP) is 3.24. The molecule has 2 heterocycles. The fraction of sp³-hybridized carbons (Fsp3) is 0.409. The van der Waals surface area contributed by atoms with Crippen LogP contribution in [0.4, 0.5) is 9.18 Å². The van der Waals surface area contributed by atoms with Crippen LogP contribution in [0.1, 0.15) is 18.4 Å². The zero-order valence-electron chi connectivity index (χ0n) is 16.9. The van der Waals surface area contributed by atoms with Gasteiger partial charge < -0.3 is 24.7 Å². The van der Waals surface area contributed by atoms with Crippen molar-refractivity contribution in [2.24, 2.45) is 0 Å². The molecule has 0 aromatic heterocycles. The van der Waals surface area contributed by atoms with Gasteiger partial charge >= 0.3 is 6.09 Å². The molecule has 0 spiro atoms. The number of aliphatic hydroxyl groups excluding tert-OH is 1. The predicted molar refractivity (Wildman–Crippen MR) is 109 cm³/mol. The maximum absolute atomic E-state index is 12.2. The summed E-state index contributed by atoms with van der Waals surface area (Å²) in [5.74, 6) is -0.241. The maximum Gasteiger partial charge on any atom is 0.410 e. The van der Waals surface area contributed by atoms with Gasteiger partial charge in [0.25, 0.3) is 0 Å². The molecule has 2 aromatic rings. The number of phenols is 1. The van der Waals surface area contributed by atoms with Gasteiger partial charge in [0.1, 0.15) is 18.2 Å². The van der Waals surface area contributed by atoms with E-state index in [0.29, 0.717) is 18.7 Å². The Morgan fingerprint density at radius 2 is 1.66 bits per heavy atom. The molecule has 6 nitrogen and oxygen atoms in total. The molecule has 2 atom stereocenters. The van der Waals surface area contributed by atoms with Crippen LogP contribution in [0.5, 0.6) is 5.75 Å². The second-order valence-corrected chi connectivity index (χ2v) is 6.90. The number of nitrogens with zero attached hydrogens (tertiary/aromatic N) is 2. The maximum atomic E-state index is 12.2. The van der Waals surface area contributed by atoms with Crippen molar-refractivity contribution in [1.82, 2.24) is 9.80 Å². The van der Waals surface area contributed by atoms with Gasteiger partial charge in [0.15, 0.2) is 0 Å². The lowest BCUT2D eigenvalue weighted by Crippen LogP contribution is -2.39. The van der Waals surface area contributed by atoms with Gasteiger partial charge in [-0.1, -0.05) is 30.3 Å². The van der Waals surface area contributed by atoms with Crippen LogP contribution in [0.2, 0.25) is 0 Å². The highest BCUT2D eigenvalue weighted by Crippen LogP contribution is 2.30. The minimum Gasteiger partial charge on any atom is -0.508 e. The van der Waals surface area contributed by atoms with E-state index in [0.717, 1.165) is 38.6 Å². The summed E-state index contributed by atoms with van der Waals surface area (Å²) in [6.07, 6.45) is 1.98. The first-order chi connectivity index (χ1) is 14.0. The summed E-state index contributed by atoms with van der Waals surface area (Å²) in [6, 6.07) is 15.7. The second kappa shape index (κ2) is 11.4. The number of amides is 1. The number of fused-ring (bicyclic) bond motifs is 1. The molecule has 1 amide bonds. The molecule has 2 aliphatic heterocycles. The average Bonchev–Trinajstić information content (AvgIpc) is 3.34. The van der Waals surface area contributed by atoms with Crippen molar-refractivity contribution < 1.29 is 24.1 Å². The van der Waals surface area contributed by atoms with Gasteiger partial charge in [0, 0.05) is 26.2 Å². The summed E-state index contributed by atoms with van der Waals surface area (Å²) in [6.45, 7) is 2.27. The van der Waals surface area contributed by atoms with Crippen molar-refractivity contribution in [2.45, 2.75) is 31.5 Å². The zero-order valence-corrected chi connectivity index (χ0v) is 16.9. The summed E-state index contributed by atoms with van der Waals surface area (Å²) >= 11 is 0. The van der Waals surface area contributed by atoms with Crippen LogP contribution in [-0.2, 0) is 11.3 Å². The summed E-state index contributed by atoms with van der Waals surface area (Å²) in [7, 11) is 3.14. The third-order valence-corrected chi connectivity index (χ3v) is 5.12. The van der Waals surface area contributed by atoms with E-state index >= 15 is 0 Å². The van der Waals surface area contributed by atoms with E-state index < -0.39 is 0 Å². The molecule has 7 heteroatoms. The molecule has 2 aliphatic rings. The van der Waals surface area contributed by atoms with E-state index in [4.69, 9.17) is 14.9 Å². The van der Waals surface area contributed by atoms with Gasteiger partial charge in [-0.2, -0.15) is 0 Å². The summed E-state index contributed by atoms with van der Waals surface area (Å²) in [4.78, 5) is 16.4. The Hall–Kier alpha value is -2.64. The Kier molecular flexibility index (Phi) is 8.89. The fourth-order valence-electron chi connectivity index (χ4n) is 3.67. The average molecular weight is 404 g/mol. The first kappa shape index (κ1) is 22.6. The topological polar surface area (TPSA) is 73.2 Å². The molecule has 2 saturated heterocycles. The molecular formula is C22H29FN2O4. The monoisotopic (exact) mass is 404 g/mol. The lowest BCUT2D eigenvalue weighted by atomic mass is 10.1. The highest BCUT2D eigenvalue weighted by molar-refractivity contribution is 5.68. The van der Waals surface area contributed by atoms with Crippen molar-refractivity contribution in [1.29, 1.82) is 0 Å². The fourth-order valence-corrected chi connectivity index (χ4v) is 3.67. The van der Waals surface area contributed by atoms with E-state index in [-0.39, 0.29) is 17.7 Å². The molecule has 0 bridgehead atoms. The summed E-state index contributed by atoms with van der Waals surface area (Å²) in [5, 5.41) is 15.6. The number of ether oxygens (including phenoxy) is 1. The molecule has 2 fully saturated rings. The Bertz CT molecular complexity index is 721. The lowest BCUT2D eigenvalue weighted by molar-refractivity contribution is 0.0915. The number of aromatic hydroxyl groups is 1. The summed E-state index contributed by atoms with van der Waals surface area (Å²) < 4.78 is 17.4. The lowest BCUT2D eigenvalue weighted by Gasteiger charge is -2.23. The van der Waals surface area contributed by atoms with Crippen LogP contribution in [-0.4, -0.2) is 65.4 Å². The molecule has 2 N–H and O–H groups in total. The summed E-state index contributed by atoms with van der Waals surface area (Å²) in [5.41, 5.74) is 1.04. The smallest absolute Gasteiger partial charge is 0.410 e. The van der Waals surface area contributed by atoms with Crippen LogP contribution in [0.15, 0.2) is 54.6 Å². The second-order valence-electron chi connectivity index (χ2n) is 6.90. The Labute approximate surface area is 171 Å². The minimum atomic E-state index is -0.331. The first-order valence-electron chi connectivity index (χ1n) is 9.61. The van der Waals surface area contributed by atoms with Gasteiger partial charge in [-0.25, -0.2) is 9.18 Å². The molecule has 2 aromatic carbocycles. The number of halogens is 1. The van der Waals surface area contributed by atoms with Crippen molar-refractivity contribution >= 4 is 6.09 Å². The third kappa shape index (κ3) is 6.44. The van der Waals surface area contributed by atoms with Gasteiger partial charge in [-0.05, 0) is 49.7 Å². The van der Waals surface area contributed by atoms with Gasteiger partial charge in [-0.15, -0.1) is 0 Å². The number of phenolic OH excluding ortho intramolecular Hbond substituents is 1. The largest absolute Gasteiger partial charge is 0.508 e. The molecule has 29 heavy (non-hydrogen) atoms. The van der Waals surface area contributed by atoms with Crippen LogP contribution in [0.25, 0.3) is 0 Å². The van der Waals surface area contributed by atoms with Crippen molar-refractivity contribution in [3.63, 3.8) is 0 Å². The van der Waals surface area contributed by atoms with Crippen molar-refractivity contribution in [3.05, 3.63) is 66.0 Å². The molecule has 158 valence electrons. The Morgan fingerprint density at radius 1 is 1.03 bits per heavy atom. The number of likely N-dealkylation sites (tertiary alicyclic amines) is 2. The van der Waals surface area contributed by atoms with Gasteiger partial charge in [0.05, 0.1) is 6.04 Å². The number of carbonyl (C=O) groups excluding carboxylic acids is 1. The number of likely N-dealkylation sites (N-methyl/N-ethyl adjacent to an activating group) is 1. The molecule has 0 saturated carbocycles. The molecule has 4 rings (SSSR count). The molecule has 0 aliphatic carbocycles. The number of benzene rings is 2. The number of rotatable bonds is 2. The standard InChI is InChI=1S/C15H20N2O2.C6H5FO.CH4O/c1-16-9-7-14-13(16)8-10-17(14)15(18)19-11-12-5-3-2-4-6-12;7-5-1-3-6(8)4-2-5;1-2/h2-6,13-14H,7-11H2,1H3;1-4,8H;2H,1H3. The highest BCUT2D eigenvalue weighted by Gasteiger charge is 2.43. The van der Waals surface area contributed by atoms with Crippen LogP contribution in [0.3, 0.4) is 0 Å². The normalized spacial score (nSPS) is 20.1. The quantitative estimate of drug-likeness (QED) is 0.804. The molecular weight excluding hydrogens is 375 g/mol. The number of hydrogen-bond acceptors (Lipinski definition) is 5. The van der Waals surface area contributed by atoms with Crippen LogP contribution >= 0.6 is 0 Å². The zero-order chi connectivity index (χ0) is 21.2. The van der Waals surface area contributed by atoms with E-state index in [9.17, 15) is 9.18 Å². The van der Waals surface area contributed by atoms with E-state index in [1.165, 1.54) is 24.3 Å². The van der Waals surface area contributed by atoms with Gasteiger partial charge in [0.2, 0.25) is 0 Å². The highest BCUT2D eigenvalue weighted by atomic mass is 19.1. The Balaban J connectivity index is 0.000000252. The molecule has 2 unspecified atom stereocenters. The number of carbonyl (C=O) groups is 1. The van der Waals surface area contributed by atoms with E-state index in [2.05, 4.69) is 11.9 Å². The molecule has 0 radical (unpaired) electrons. The third-order valence-electron chi connectivity index (χ3n) is 5.12. The van der Waals surface area contributed by atoms with Crippen molar-refractivity contribution in [3.8, 4) is 5.75 Å². The number of aliphatic hydroxyl groups is 1. The SMILES string of the molecule is CN1CCC2C1CCN2C(=O)OCc1ccccc1.CO.Oc1ccc(F)cc1. The van der Waals surface area contributed by atoms with E-state index in [1.807, 2.05) is 35.2 Å². The first-order valence-corrected chi connectivity index (χ1v) is 9.61. The van der Waals surface area contributed by atoms with Crippen LogP contribution in [0, 0.1) is 5.82 Å².